The summed E-state index contributed by atoms with van der Waals surface area (Å²) >= 11 is 0. The van der Waals surface area contributed by atoms with E-state index in [1.165, 1.54) is 5.56 Å². The summed E-state index contributed by atoms with van der Waals surface area (Å²) in [6.45, 7) is 3.53. The fraction of sp³-hybridized carbons (Fsp3) is 0.278. The van der Waals surface area contributed by atoms with Crippen molar-refractivity contribution < 1.29 is 9.53 Å². The van der Waals surface area contributed by atoms with Crippen LogP contribution < -0.4 is 0 Å². The first kappa shape index (κ1) is 14.0. The van der Waals surface area contributed by atoms with Crippen molar-refractivity contribution in [2.45, 2.75) is 12.6 Å². The monoisotopic (exact) mass is 281 g/mol. The normalized spacial score (nSPS) is 19.3. The second-order valence-electron chi connectivity index (χ2n) is 5.36. The lowest BCUT2D eigenvalue weighted by molar-refractivity contribution is -0.0329. The molecule has 3 heteroatoms. The van der Waals surface area contributed by atoms with Crippen molar-refractivity contribution in [3.63, 3.8) is 0 Å². The van der Waals surface area contributed by atoms with Gasteiger partial charge in [0.05, 0.1) is 12.7 Å². The van der Waals surface area contributed by atoms with Gasteiger partial charge in [0.15, 0.2) is 0 Å². The van der Waals surface area contributed by atoms with Gasteiger partial charge in [0.2, 0.25) is 0 Å². The van der Waals surface area contributed by atoms with Crippen LogP contribution in [0.2, 0.25) is 0 Å². The molecule has 1 fully saturated rings. The standard InChI is InChI=1S/C18H19NO2/c20-14-16-6-8-17(9-7-16)18-13-19(10-11-21-18)12-15-4-2-1-3-5-15/h1-9,14,18H,10-13H2. The fourth-order valence-corrected chi connectivity index (χ4v) is 2.68. The highest BCUT2D eigenvalue weighted by molar-refractivity contribution is 5.74. The molecule has 0 aliphatic carbocycles. The molecule has 1 aliphatic heterocycles. The van der Waals surface area contributed by atoms with E-state index < -0.39 is 0 Å². The van der Waals surface area contributed by atoms with Gasteiger partial charge in [0, 0.05) is 25.2 Å². The van der Waals surface area contributed by atoms with E-state index in [-0.39, 0.29) is 6.10 Å². The molecule has 0 saturated carbocycles. The Kier molecular flexibility index (Phi) is 4.43. The van der Waals surface area contributed by atoms with Crippen molar-refractivity contribution in [3.8, 4) is 0 Å². The average Bonchev–Trinajstić information content (AvgIpc) is 2.56. The van der Waals surface area contributed by atoms with Crippen LogP contribution in [0.4, 0.5) is 0 Å². The molecule has 1 saturated heterocycles. The molecule has 0 amide bonds. The summed E-state index contributed by atoms with van der Waals surface area (Å²) in [5.74, 6) is 0. The van der Waals surface area contributed by atoms with Crippen LogP contribution in [0.3, 0.4) is 0 Å². The Morgan fingerprint density at radius 1 is 1.10 bits per heavy atom. The van der Waals surface area contributed by atoms with Crippen molar-refractivity contribution in [1.82, 2.24) is 4.90 Å². The van der Waals surface area contributed by atoms with Gasteiger partial charge < -0.3 is 4.74 Å². The van der Waals surface area contributed by atoms with E-state index in [0.29, 0.717) is 5.56 Å². The Labute approximate surface area is 125 Å². The molecule has 1 unspecified atom stereocenters. The first-order valence-electron chi connectivity index (χ1n) is 7.28. The lowest BCUT2D eigenvalue weighted by Gasteiger charge is -2.33. The van der Waals surface area contributed by atoms with Crippen LogP contribution in [0.25, 0.3) is 0 Å². The molecular weight excluding hydrogens is 262 g/mol. The van der Waals surface area contributed by atoms with Crippen molar-refractivity contribution >= 4 is 6.29 Å². The van der Waals surface area contributed by atoms with E-state index in [4.69, 9.17) is 4.74 Å². The van der Waals surface area contributed by atoms with E-state index in [1.807, 2.05) is 30.3 Å². The number of hydrogen-bond acceptors (Lipinski definition) is 3. The molecule has 0 bridgehead atoms. The molecule has 0 N–H and O–H groups in total. The molecule has 0 radical (unpaired) electrons. The smallest absolute Gasteiger partial charge is 0.150 e. The third-order valence-electron chi connectivity index (χ3n) is 3.84. The lowest BCUT2D eigenvalue weighted by Crippen LogP contribution is -2.37. The minimum Gasteiger partial charge on any atom is -0.371 e. The van der Waals surface area contributed by atoms with E-state index in [2.05, 4.69) is 29.2 Å². The van der Waals surface area contributed by atoms with Gasteiger partial charge in [-0.1, -0.05) is 54.6 Å². The third-order valence-corrected chi connectivity index (χ3v) is 3.84. The number of carbonyl (C=O) groups excluding carboxylic acids is 1. The molecule has 3 nitrogen and oxygen atoms in total. The van der Waals surface area contributed by atoms with Crippen molar-refractivity contribution in [2.24, 2.45) is 0 Å². The van der Waals surface area contributed by atoms with Crippen molar-refractivity contribution in [1.29, 1.82) is 0 Å². The number of nitrogens with zero attached hydrogens (tertiary/aromatic N) is 1. The number of hydrogen-bond donors (Lipinski definition) is 0. The van der Waals surface area contributed by atoms with Crippen LogP contribution in [0.15, 0.2) is 54.6 Å². The van der Waals surface area contributed by atoms with Crippen LogP contribution >= 0.6 is 0 Å². The minimum atomic E-state index is 0.0863. The Hall–Kier alpha value is -1.97. The second kappa shape index (κ2) is 6.66. The van der Waals surface area contributed by atoms with Crippen LogP contribution in [-0.4, -0.2) is 30.9 Å². The predicted molar refractivity (Wildman–Crippen MR) is 82.2 cm³/mol. The highest BCUT2D eigenvalue weighted by Gasteiger charge is 2.21. The average molecular weight is 281 g/mol. The lowest BCUT2D eigenvalue weighted by atomic mass is 10.1. The number of aldehydes is 1. The van der Waals surface area contributed by atoms with Gasteiger partial charge in [0.1, 0.15) is 6.29 Å². The van der Waals surface area contributed by atoms with Gasteiger partial charge in [-0.3, -0.25) is 9.69 Å². The summed E-state index contributed by atoms with van der Waals surface area (Å²) in [5.41, 5.74) is 3.17. The van der Waals surface area contributed by atoms with Crippen LogP contribution in [-0.2, 0) is 11.3 Å². The van der Waals surface area contributed by atoms with Crippen LogP contribution in [0.5, 0.6) is 0 Å². The third kappa shape index (κ3) is 3.57. The molecule has 2 aromatic carbocycles. The molecule has 0 spiro atoms. The second-order valence-corrected chi connectivity index (χ2v) is 5.36. The Morgan fingerprint density at radius 2 is 1.86 bits per heavy atom. The number of carbonyl (C=O) groups is 1. The topological polar surface area (TPSA) is 29.5 Å². The first-order valence-corrected chi connectivity index (χ1v) is 7.28. The fourth-order valence-electron chi connectivity index (χ4n) is 2.68. The molecule has 2 aromatic rings. The molecule has 1 aliphatic rings. The van der Waals surface area contributed by atoms with Gasteiger partial charge in [0.25, 0.3) is 0 Å². The number of benzene rings is 2. The Bertz CT molecular complexity index is 580. The number of rotatable bonds is 4. The van der Waals surface area contributed by atoms with Gasteiger partial charge in [-0.15, -0.1) is 0 Å². The predicted octanol–water partition coefficient (Wildman–Crippen LogP) is 3.07. The quantitative estimate of drug-likeness (QED) is 0.807. The summed E-state index contributed by atoms with van der Waals surface area (Å²) < 4.78 is 5.88. The van der Waals surface area contributed by atoms with Gasteiger partial charge >= 0.3 is 0 Å². The summed E-state index contributed by atoms with van der Waals surface area (Å²) in [5, 5.41) is 0. The summed E-state index contributed by atoms with van der Waals surface area (Å²) in [4.78, 5) is 13.1. The molecule has 1 heterocycles. The van der Waals surface area contributed by atoms with E-state index in [9.17, 15) is 4.79 Å². The zero-order valence-corrected chi connectivity index (χ0v) is 11.9. The Balaban J connectivity index is 1.66. The van der Waals surface area contributed by atoms with Crippen LogP contribution in [0, 0.1) is 0 Å². The van der Waals surface area contributed by atoms with E-state index in [1.54, 1.807) is 0 Å². The summed E-state index contributed by atoms with van der Waals surface area (Å²) in [6.07, 6.45) is 0.955. The molecule has 108 valence electrons. The van der Waals surface area contributed by atoms with Gasteiger partial charge in [-0.05, 0) is 11.1 Å². The molecule has 1 atom stereocenters. The Morgan fingerprint density at radius 3 is 2.57 bits per heavy atom. The van der Waals surface area contributed by atoms with Gasteiger partial charge in [-0.25, -0.2) is 0 Å². The summed E-state index contributed by atoms with van der Waals surface area (Å²) in [6, 6.07) is 18.2. The highest BCUT2D eigenvalue weighted by atomic mass is 16.5. The maximum atomic E-state index is 10.7. The molecule has 0 aromatic heterocycles. The van der Waals surface area contributed by atoms with E-state index in [0.717, 1.165) is 38.1 Å². The zero-order valence-electron chi connectivity index (χ0n) is 11.9. The van der Waals surface area contributed by atoms with Crippen molar-refractivity contribution in [2.75, 3.05) is 19.7 Å². The number of ether oxygens (including phenoxy) is 1. The molecule has 21 heavy (non-hydrogen) atoms. The summed E-state index contributed by atoms with van der Waals surface area (Å²) in [7, 11) is 0. The maximum absolute atomic E-state index is 10.7. The largest absolute Gasteiger partial charge is 0.371 e. The maximum Gasteiger partial charge on any atom is 0.150 e. The van der Waals surface area contributed by atoms with Gasteiger partial charge in [-0.2, -0.15) is 0 Å². The molecule has 3 rings (SSSR count). The SMILES string of the molecule is O=Cc1ccc(C2CN(Cc3ccccc3)CCO2)cc1. The van der Waals surface area contributed by atoms with E-state index >= 15 is 0 Å². The first-order chi connectivity index (χ1) is 10.3. The minimum absolute atomic E-state index is 0.0863. The zero-order chi connectivity index (χ0) is 14.5. The highest BCUT2D eigenvalue weighted by Crippen LogP contribution is 2.23. The van der Waals surface area contributed by atoms with Crippen LogP contribution in [0.1, 0.15) is 27.6 Å². The number of morpholine rings is 1. The molecular formula is C18H19NO2. The van der Waals surface area contributed by atoms with Crippen molar-refractivity contribution in [3.05, 3.63) is 71.3 Å².